The van der Waals surface area contributed by atoms with Gasteiger partial charge in [-0.1, -0.05) is 33.8 Å². The van der Waals surface area contributed by atoms with Crippen LogP contribution in [0, 0.1) is 18.3 Å². The Morgan fingerprint density at radius 1 is 1.40 bits per heavy atom. The minimum absolute atomic E-state index is 0.179. The minimum atomic E-state index is 0.179. The molecule has 0 heterocycles. The normalized spacial score (nSPS) is 24.6. The summed E-state index contributed by atoms with van der Waals surface area (Å²) in [5, 5.41) is 3.67. The minimum Gasteiger partial charge on any atom is -0.381 e. The topological polar surface area (TPSA) is 21.3 Å². The molecule has 1 fully saturated rings. The Morgan fingerprint density at radius 3 is 2.70 bits per heavy atom. The van der Waals surface area contributed by atoms with Crippen molar-refractivity contribution in [2.24, 2.45) is 11.3 Å². The van der Waals surface area contributed by atoms with Crippen molar-refractivity contribution in [1.29, 1.82) is 0 Å². The molecular formula is C17H26BrNO. The summed E-state index contributed by atoms with van der Waals surface area (Å²) in [7, 11) is 0. The summed E-state index contributed by atoms with van der Waals surface area (Å²) in [5.74, 6) is 0.601. The molecule has 2 atom stereocenters. The van der Waals surface area contributed by atoms with Crippen molar-refractivity contribution in [2.75, 3.05) is 11.9 Å². The summed E-state index contributed by atoms with van der Waals surface area (Å²) < 4.78 is 7.15. The fourth-order valence-corrected chi connectivity index (χ4v) is 3.02. The summed E-state index contributed by atoms with van der Waals surface area (Å²) in [5.41, 5.74) is 2.64. The van der Waals surface area contributed by atoms with Gasteiger partial charge in [-0.2, -0.15) is 0 Å². The molecule has 112 valence electrons. The van der Waals surface area contributed by atoms with E-state index in [1.165, 1.54) is 11.3 Å². The zero-order valence-corrected chi connectivity index (χ0v) is 14.8. The molecule has 1 aromatic carbocycles. The fourth-order valence-electron chi connectivity index (χ4n) is 2.66. The highest BCUT2D eigenvalue weighted by Gasteiger charge is 2.49. The number of hydrogen-bond donors (Lipinski definition) is 1. The van der Waals surface area contributed by atoms with Crippen LogP contribution in [0.1, 0.15) is 39.7 Å². The van der Waals surface area contributed by atoms with E-state index in [1.807, 2.05) is 0 Å². The van der Waals surface area contributed by atoms with E-state index in [1.54, 1.807) is 0 Å². The van der Waals surface area contributed by atoms with E-state index in [9.17, 15) is 0 Å². The molecule has 0 spiro atoms. The number of anilines is 1. The lowest BCUT2D eigenvalue weighted by Crippen LogP contribution is -2.58. The largest absolute Gasteiger partial charge is 0.381 e. The number of nitrogens with one attached hydrogen (secondary N) is 1. The van der Waals surface area contributed by atoms with Gasteiger partial charge in [0.2, 0.25) is 0 Å². The number of ether oxygens (including phenoxy) is 1. The maximum atomic E-state index is 6.02. The molecule has 0 aliphatic heterocycles. The molecule has 0 saturated heterocycles. The molecule has 1 aromatic rings. The van der Waals surface area contributed by atoms with Gasteiger partial charge in [-0.3, -0.25) is 0 Å². The molecule has 0 radical (unpaired) electrons. The van der Waals surface area contributed by atoms with Crippen LogP contribution >= 0.6 is 15.9 Å². The Balaban J connectivity index is 1.97. The highest BCUT2D eigenvalue weighted by Crippen LogP contribution is 2.45. The molecule has 2 rings (SSSR count). The number of rotatable bonds is 5. The summed E-state index contributed by atoms with van der Waals surface area (Å²) in [6, 6.07) is 6.90. The van der Waals surface area contributed by atoms with E-state index >= 15 is 0 Å². The predicted molar refractivity (Wildman–Crippen MR) is 89.3 cm³/mol. The van der Waals surface area contributed by atoms with Crippen LogP contribution in [-0.2, 0) is 4.74 Å². The second kappa shape index (κ2) is 6.07. The Kier molecular flexibility index (Phi) is 4.80. The average molecular weight is 340 g/mol. The third kappa shape index (κ3) is 3.37. The number of hydrogen-bond acceptors (Lipinski definition) is 2. The molecule has 1 N–H and O–H groups in total. The third-order valence-corrected chi connectivity index (χ3v) is 4.95. The van der Waals surface area contributed by atoms with Gasteiger partial charge in [0, 0.05) is 28.2 Å². The molecule has 1 aliphatic rings. The van der Waals surface area contributed by atoms with E-state index in [4.69, 9.17) is 4.74 Å². The molecule has 0 aromatic heterocycles. The van der Waals surface area contributed by atoms with E-state index in [2.05, 4.69) is 74.1 Å². The third-order valence-electron chi connectivity index (χ3n) is 4.26. The quantitative estimate of drug-likeness (QED) is 0.814. The van der Waals surface area contributed by atoms with Crippen molar-refractivity contribution in [3.8, 4) is 0 Å². The molecule has 0 bridgehead atoms. The fraction of sp³-hybridized carbons (Fsp3) is 0.647. The van der Waals surface area contributed by atoms with Gasteiger partial charge >= 0.3 is 0 Å². The van der Waals surface area contributed by atoms with Crippen molar-refractivity contribution in [3.05, 3.63) is 28.2 Å². The van der Waals surface area contributed by atoms with E-state index in [0.717, 1.165) is 17.5 Å². The van der Waals surface area contributed by atoms with E-state index in [-0.39, 0.29) is 5.41 Å². The van der Waals surface area contributed by atoms with Crippen LogP contribution in [0.3, 0.4) is 0 Å². The standard InChI is InChI=1S/C17H26BrNO/c1-11(2)10-20-16-9-15(17(16,4)5)19-14-8-12(3)6-7-13(14)18/h6-8,11,15-16,19H,9-10H2,1-5H3. The van der Waals surface area contributed by atoms with Crippen molar-refractivity contribution in [1.82, 2.24) is 0 Å². The van der Waals surface area contributed by atoms with Crippen LogP contribution < -0.4 is 5.32 Å². The average Bonchev–Trinajstić information content (AvgIpc) is 2.36. The van der Waals surface area contributed by atoms with Gasteiger partial charge in [-0.15, -0.1) is 0 Å². The van der Waals surface area contributed by atoms with Crippen LogP contribution in [0.5, 0.6) is 0 Å². The second-order valence-corrected chi connectivity index (χ2v) is 7.81. The van der Waals surface area contributed by atoms with E-state index in [0.29, 0.717) is 18.1 Å². The molecule has 2 nitrogen and oxygen atoms in total. The van der Waals surface area contributed by atoms with Crippen molar-refractivity contribution in [2.45, 2.75) is 53.2 Å². The molecule has 2 unspecified atom stereocenters. The lowest BCUT2D eigenvalue weighted by molar-refractivity contribution is -0.108. The number of benzene rings is 1. The SMILES string of the molecule is Cc1ccc(Br)c(NC2CC(OCC(C)C)C2(C)C)c1. The lowest BCUT2D eigenvalue weighted by atomic mass is 9.64. The molecule has 3 heteroatoms. The van der Waals surface area contributed by atoms with Crippen LogP contribution in [-0.4, -0.2) is 18.8 Å². The van der Waals surface area contributed by atoms with Gasteiger partial charge in [0.25, 0.3) is 0 Å². The van der Waals surface area contributed by atoms with Crippen LogP contribution in [0.15, 0.2) is 22.7 Å². The van der Waals surface area contributed by atoms with Gasteiger partial charge in [-0.05, 0) is 52.9 Å². The van der Waals surface area contributed by atoms with E-state index < -0.39 is 0 Å². The first-order valence-corrected chi connectivity index (χ1v) is 8.24. The molecular weight excluding hydrogens is 314 g/mol. The maximum absolute atomic E-state index is 6.02. The molecule has 1 aliphatic carbocycles. The van der Waals surface area contributed by atoms with Crippen LogP contribution in [0.2, 0.25) is 0 Å². The highest BCUT2D eigenvalue weighted by molar-refractivity contribution is 9.10. The second-order valence-electron chi connectivity index (χ2n) is 6.95. The first-order valence-electron chi connectivity index (χ1n) is 7.45. The number of aryl methyl sites for hydroxylation is 1. The van der Waals surface area contributed by atoms with Gasteiger partial charge in [0.15, 0.2) is 0 Å². The molecule has 1 saturated carbocycles. The summed E-state index contributed by atoms with van der Waals surface area (Å²) >= 11 is 3.62. The van der Waals surface area contributed by atoms with Gasteiger partial charge in [-0.25, -0.2) is 0 Å². The summed E-state index contributed by atoms with van der Waals surface area (Å²) in [6.45, 7) is 12.0. The Hall–Kier alpha value is -0.540. The lowest BCUT2D eigenvalue weighted by Gasteiger charge is -2.52. The first kappa shape index (κ1) is 15.8. The van der Waals surface area contributed by atoms with Crippen LogP contribution in [0.25, 0.3) is 0 Å². The number of halogens is 1. The van der Waals surface area contributed by atoms with Crippen LogP contribution in [0.4, 0.5) is 5.69 Å². The van der Waals surface area contributed by atoms with Crippen molar-refractivity contribution < 1.29 is 4.74 Å². The van der Waals surface area contributed by atoms with Gasteiger partial charge < -0.3 is 10.1 Å². The highest BCUT2D eigenvalue weighted by atomic mass is 79.9. The maximum Gasteiger partial charge on any atom is 0.0665 e. The smallest absolute Gasteiger partial charge is 0.0665 e. The summed E-state index contributed by atoms with van der Waals surface area (Å²) in [4.78, 5) is 0. The van der Waals surface area contributed by atoms with Gasteiger partial charge in [0.1, 0.15) is 0 Å². The molecule has 0 amide bonds. The Morgan fingerprint density at radius 2 is 2.10 bits per heavy atom. The summed E-state index contributed by atoms with van der Waals surface area (Å²) in [6.07, 6.45) is 1.45. The van der Waals surface area contributed by atoms with Gasteiger partial charge in [0.05, 0.1) is 6.10 Å². The zero-order chi connectivity index (χ0) is 14.9. The van der Waals surface area contributed by atoms with Crippen molar-refractivity contribution in [3.63, 3.8) is 0 Å². The van der Waals surface area contributed by atoms with Crippen molar-refractivity contribution >= 4 is 21.6 Å². The predicted octanol–water partition coefficient (Wildman–Crippen LogP) is 5.01. The molecule has 20 heavy (non-hydrogen) atoms. The Bertz CT molecular complexity index is 470. The Labute approximate surface area is 131 Å². The zero-order valence-electron chi connectivity index (χ0n) is 13.2. The first-order chi connectivity index (χ1) is 9.30. The monoisotopic (exact) mass is 339 g/mol.